The average molecular weight is 396 g/mol. The van der Waals surface area contributed by atoms with Gasteiger partial charge in [0.15, 0.2) is 0 Å². The van der Waals surface area contributed by atoms with Crippen LogP contribution in [-0.2, 0) is 0 Å². The molecule has 0 aliphatic carbocycles. The van der Waals surface area contributed by atoms with Crippen LogP contribution in [0.3, 0.4) is 0 Å². The number of para-hydroxylation sites is 1. The maximum absolute atomic E-state index is 12.8. The first kappa shape index (κ1) is 18.1. The van der Waals surface area contributed by atoms with E-state index >= 15 is 0 Å². The van der Waals surface area contributed by atoms with Gasteiger partial charge in [0.25, 0.3) is 5.91 Å². The number of fused-ring (bicyclic) bond motifs is 5. The third-order valence-corrected chi connectivity index (χ3v) is 5.28. The molecule has 5 heteroatoms. The molecule has 5 nitrogen and oxygen atoms in total. The van der Waals surface area contributed by atoms with E-state index in [9.17, 15) is 9.90 Å². The molecule has 1 heterocycles. The molecule has 5 rings (SSSR count). The van der Waals surface area contributed by atoms with E-state index in [0.29, 0.717) is 12.3 Å². The minimum Gasteiger partial charge on any atom is -0.507 e. The van der Waals surface area contributed by atoms with Crippen LogP contribution in [0.15, 0.2) is 72.8 Å². The van der Waals surface area contributed by atoms with Gasteiger partial charge in [0, 0.05) is 27.4 Å². The largest absolute Gasteiger partial charge is 0.507 e. The summed E-state index contributed by atoms with van der Waals surface area (Å²) < 4.78 is 5.42. The van der Waals surface area contributed by atoms with Gasteiger partial charge in [-0.1, -0.05) is 30.3 Å². The molecule has 148 valence electrons. The topological polar surface area (TPSA) is 74.3 Å². The van der Waals surface area contributed by atoms with E-state index in [4.69, 9.17) is 4.74 Å². The smallest absolute Gasteiger partial charge is 0.259 e. The first-order valence-corrected chi connectivity index (χ1v) is 9.84. The number of ether oxygens (including phenoxy) is 1. The number of aromatic hydroxyl groups is 1. The summed E-state index contributed by atoms with van der Waals surface area (Å²) in [4.78, 5) is 16.2. The Morgan fingerprint density at radius 3 is 2.57 bits per heavy atom. The number of rotatable bonds is 4. The third-order valence-electron chi connectivity index (χ3n) is 5.28. The molecule has 3 N–H and O–H groups in total. The second kappa shape index (κ2) is 7.12. The number of nitrogens with one attached hydrogen (secondary N) is 2. The molecule has 4 aromatic carbocycles. The minimum absolute atomic E-state index is 0.0582. The van der Waals surface area contributed by atoms with Crippen molar-refractivity contribution in [1.29, 1.82) is 0 Å². The number of carbonyl (C=O) groups excluding carboxylic acids is 1. The van der Waals surface area contributed by atoms with Crippen LogP contribution in [0.1, 0.15) is 17.3 Å². The lowest BCUT2D eigenvalue weighted by Crippen LogP contribution is -2.12. The summed E-state index contributed by atoms with van der Waals surface area (Å²) in [7, 11) is 0. The van der Waals surface area contributed by atoms with Crippen molar-refractivity contribution in [3.05, 3.63) is 78.4 Å². The van der Waals surface area contributed by atoms with Gasteiger partial charge in [0.05, 0.1) is 17.7 Å². The molecular weight excluding hydrogens is 376 g/mol. The Balaban J connectivity index is 1.53. The van der Waals surface area contributed by atoms with E-state index in [2.05, 4.69) is 16.4 Å². The quantitative estimate of drug-likeness (QED) is 0.358. The predicted octanol–water partition coefficient (Wildman–Crippen LogP) is 5.83. The number of amides is 1. The van der Waals surface area contributed by atoms with Gasteiger partial charge in [0.2, 0.25) is 0 Å². The number of phenolic OH excluding ortho intramolecular Hbond substituents is 1. The van der Waals surface area contributed by atoms with Crippen LogP contribution < -0.4 is 10.1 Å². The SMILES string of the molecule is CCOc1ccc(NC(=O)c2cc3ccc4c5ccccc5[nH]c4c3cc2O)cc1. The van der Waals surface area contributed by atoms with Crippen molar-refractivity contribution in [1.82, 2.24) is 4.98 Å². The number of hydrogen-bond acceptors (Lipinski definition) is 3. The Bertz CT molecular complexity index is 1400. The average Bonchev–Trinajstić information content (AvgIpc) is 3.14. The normalized spacial score (nSPS) is 11.2. The molecule has 0 unspecified atom stereocenters. The van der Waals surface area contributed by atoms with E-state index in [1.165, 1.54) is 0 Å². The highest BCUT2D eigenvalue weighted by Gasteiger charge is 2.15. The monoisotopic (exact) mass is 396 g/mol. The Kier molecular flexibility index (Phi) is 4.29. The Morgan fingerprint density at radius 2 is 1.77 bits per heavy atom. The van der Waals surface area contributed by atoms with Crippen molar-refractivity contribution in [3.8, 4) is 11.5 Å². The molecule has 1 amide bonds. The maximum atomic E-state index is 12.8. The van der Waals surface area contributed by atoms with Crippen LogP contribution >= 0.6 is 0 Å². The highest BCUT2D eigenvalue weighted by molar-refractivity contribution is 6.18. The molecule has 0 saturated heterocycles. The Labute approximate surface area is 172 Å². The summed E-state index contributed by atoms with van der Waals surface area (Å²) in [5, 5.41) is 17.4. The van der Waals surface area contributed by atoms with Gasteiger partial charge in [-0.3, -0.25) is 4.79 Å². The summed E-state index contributed by atoms with van der Waals surface area (Å²) in [6.45, 7) is 2.50. The van der Waals surface area contributed by atoms with Crippen LogP contribution in [0, 0.1) is 0 Å². The van der Waals surface area contributed by atoms with Crippen LogP contribution in [0.25, 0.3) is 32.6 Å². The fourth-order valence-corrected chi connectivity index (χ4v) is 3.86. The molecule has 0 spiro atoms. The van der Waals surface area contributed by atoms with E-state index in [1.54, 1.807) is 36.4 Å². The van der Waals surface area contributed by atoms with Crippen molar-refractivity contribution in [2.75, 3.05) is 11.9 Å². The van der Waals surface area contributed by atoms with Gasteiger partial charge in [-0.25, -0.2) is 0 Å². The third kappa shape index (κ3) is 3.01. The van der Waals surface area contributed by atoms with Crippen molar-refractivity contribution < 1.29 is 14.6 Å². The first-order valence-electron chi connectivity index (χ1n) is 9.84. The summed E-state index contributed by atoms with van der Waals surface area (Å²) in [6.07, 6.45) is 0. The highest BCUT2D eigenvalue weighted by atomic mass is 16.5. The first-order chi connectivity index (χ1) is 14.6. The molecule has 30 heavy (non-hydrogen) atoms. The maximum Gasteiger partial charge on any atom is 0.259 e. The van der Waals surface area contributed by atoms with E-state index in [1.807, 2.05) is 37.3 Å². The number of phenols is 1. The van der Waals surface area contributed by atoms with Crippen LogP contribution in [0.5, 0.6) is 11.5 Å². The predicted molar refractivity (Wildman–Crippen MR) is 121 cm³/mol. The van der Waals surface area contributed by atoms with E-state index in [-0.39, 0.29) is 17.2 Å². The zero-order chi connectivity index (χ0) is 20.7. The molecule has 0 bridgehead atoms. The summed E-state index contributed by atoms with van der Waals surface area (Å²) in [6, 6.07) is 22.6. The van der Waals surface area contributed by atoms with Gasteiger partial charge in [-0.15, -0.1) is 0 Å². The second-order valence-electron chi connectivity index (χ2n) is 7.16. The van der Waals surface area contributed by atoms with Crippen LogP contribution in [-0.4, -0.2) is 22.6 Å². The molecule has 0 radical (unpaired) electrons. The highest BCUT2D eigenvalue weighted by Crippen LogP contribution is 2.34. The standard InChI is InChI=1S/C25H20N2O3/c1-2-30-17-10-8-16(9-11-17)26-25(29)21-13-15-7-12-19-18-5-3-4-6-22(18)27-24(19)20(15)14-23(21)28/h3-14,27-28H,2H2,1H3,(H,26,29). The fourth-order valence-electron chi connectivity index (χ4n) is 3.86. The fraction of sp³-hybridized carbons (Fsp3) is 0.0800. The number of anilines is 1. The summed E-state index contributed by atoms with van der Waals surface area (Å²) >= 11 is 0. The zero-order valence-electron chi connectivity index (χ0n) is 16.4. The van der Waals surface area contributed by atoms with Gasteiger partial charge in [0.1, 0.15) is 11.5 Å². The van der Waals surface area contributed by atoms with E-state index < -0.39 is 0 Å². The molecule has 0 atom stereocenters. The summed E-state index contributed by atoms with van der Waals surface area (Å²) in [5.41, 5.74) is 2.85. The van der Waals surface area contributed by atoms with Crippen molar-refractivity contribution in [3.63, 3.8) is 0 Å². The number of aromatic nitrogens is 1. The minimum atomic E-state index is -0.365. The number of aromatic amines is 1. The van der Waals surface area contributed by atoms with Crippen molar-refractivity contribution in [2.45, 2.75) is 6.92 Å². The van der Waals surface area contributed by atoms with Crippen molar-refractivity contribution >= 4 is 44.2 Å². The molecule has 0 fully saturated rings. The Morgan fingerprint density at radius 1 is 0.967 bits per heavy atom. The number of benzene rings is 4. The van der Waals surface area contributed by atoms with Crippen LogP contribution in [0.2, 0.25) is 0 Å². The molecule has 1 aromatic heterocycles. The molecule has 0 saturated carbocycles. The lowest BCUT2D eigenvalue weighted by Gasteiger charge is -2.10. The van der Waals surface area contributed by atoms with Crippen LogP contribution in [0.4, 0.5) is 5.69 Å². The van der Waals surface area contributed by atoms with Crippen molar-refractivity contribution in [2.24, 2.45) is 0 Å². The lowest BCUT2D eigenvalue weighted by molar-refractivity contribution is 0.102. The zero-order valence-corrected chi connectivity index (χ0v) is 16.4. The number of hydrogen-bond donors (Lipinski definition) is 3. The molecule has 0 aliphatic heterocycles. The number of H-pyrrole nitrogens is 1. The second-order valence-corrected chi connectivity index (χ2v) is 7.16. The summed E-state index contributed by atoms with van der Waals surface area (Å²) in [5.74, 6) is 0.318. The Hall–Kier alpha value is -3.99. The van der Waals surface area contributed by atoms with Gasteiger partial charge >= 0.3 is 0 Å². The van der Waals surface area contributed by atoms with E-state index in [0.717, 1.165) is 38.3 Å². The van der Waals surface area contributed by atoms with Gasteiger partial charge in [-0.05, 0) is 54.8 Å². The molecule has 5 aromatic rings. The van der Waals surface area contributed by atoms with Gasteiger partial charge < -0.3 is 20.1 Å². The lowest BCUT2D eigenvalue weighted by atomic mass is 10.0. The molecular formula is C25H20N2O3. The number of carbonyl (C=O) groups is 1. The molecule has 0 aliphatic rings. The van der Waals surface area contributed by atoms with Gasteiger partial charge in [-0.2, -0.15) is 0 Å².